The van der Waals surface area contributed by atoms with Crippen LogP contribution in [0.4, 0.5) is 0 Å². The van der Waals surface area contributed by atoms with Gasteiger partial charge in [0.05, 0.1) is 15.7 Å². The topological polar surface area (TPSA) is 0 Å². The summed E-state index contributed by atoms with van der Waals surface area (Å²) in [6.45, 7) is 6.83. The van der Waals surface area contributed by atoms with Gasteiger partial charge in [-0.15, -0.1) is 0 Å². The highest BCUT2D eigenvalue weighted by Gasteiger charge is 2.13. The second-order valence-corrected chi connectivity index (χ2v) is 8.34. The fourth-order valence-electron chi connectivity index (χ4n) is 3.15. The minimum Gasteiger partial charge on any atom is -0.0837 e. The average Bonchev–Trinajstić information content (AvgIpc) is 2.53. The van der Waals surface area contributed by atoms with Gasteiger partial charge in [0.15, 0.2) is 0 Å². The third-order valence-corrected chi connectivity index (χ3v) is 5.16. The molecule has 0 amide bonds. The molecular weight excluding hydrogens is 274 g/mol. The van der Waals surface area contributed by atoms with Gasteiger partial charge in [-0.1, -0.05) is 123 Å². The van der Waals surface area contributed by atoms with Crippen molar-refractivity contribution in [3.8, 4) is 0 Å². The molecule has 4 radical (unpaired) electrons. The van der Waals surface area contributed by atoms with E-state index in [0.29, 0.717) is 11.2 Å². The van der Waals surface area contributed by atoms with E-state index in [1.807, 2.05) is 0 Å². The van der Waals surface area contributed by atoms with Crippen LogP contribution in [0.3, 0.4) is 0 Å². The van der Waals surface area contributed by atoms with Crippen molar-refractivity contribution in [2.45, 2.75) is 129 Å². The largest absolute Gasteiger partial charge is 0.0837 e. The van der Waals surface area contributed by atoms with Gasteiger partial charge in [0.1, 0.15) is 0 Å². The molecule has 0 nitrogen and oxygen atoms in total. The number of rotatable bonds is 17. The number of unbranched alkanes of at least 4 members (excludes halogenated alkanes) is 10. The van der Waals surface area contributed by atoms with Gasteiger partial charge in [-0.05, 0) is 11.8 Å². The molecule has 0 aromatic heterocycles. The van der Waals surface area contributed by atoms with E-state index in [0.717, 1.165) is 6.32 Å². The fourth-order valence-corrected chi connectivity index (χ4v) is 3.15. The zero-order chi connectivity index (χ0) is 17.4. The van der Waals surface area contributed by atoms with Crippen LogP contribution in [0.25, 0.3) is 0 Å². The van der Waals surface area contributed by atoms with E-state index in [-0.39, 0.29) is 0 Å². The van der Waals surface area contributed by atoms with Crippen LogP contribution in [0.1, 0.15) is 117 Å². The quantitative estimate of drug-likeness (QED) is 0.193. The molecule has 0 rings (SSSR count). The summed E-state index contributed by atoms with van der Waals surface area (Å²) in [5.41, 5.74) is 0.337. The van der Waals surface area contributed by atoms with Crippen molar-refractivity contribution >= 4 is 15.7 Å². The Morgan fingerprint density at radius 1 is 0.696 bits per heavy atom. The summed E-state index contributed by atoms with van der Waals surface area (Å²) in [6.07, 6.45) is 21.0. The molecular formula is C21H42B2. The first-order valence-corrected chi connectivity index (χ1v) is 10.5. The minimum atomic E-state index is 0.337. The zero-order valence-electron chi connectivity index (χ0n) is 16.5. The van der Waals surface area contributed by atoms with Gasteiger partial charge >= 0.3 is 0 Å². The molecule has 0 bridgehead atoms. The zero-order valence-corrected chi connectivity index (χ0v) is 16.5. The fraction of sp³-hybridized carbons (Fsp3) is 1.00. The molecule has 0 spiro atoms. The molecule has 0 heterocycles. The summed E-state index contributed by atoms with van der Waals surface area (Å²) < 4.78 is 0. The van der Waals surface area contributed by atoms with Gasteiger partial charge in [-0.3, -0.25) is 0 Å². The smallest absolute Gasteiger partial charge is 0.0699 e. The predicted octanol–water partition coefficient (Wildman–Crippen LogP) is 7.43. The molecule has 0 saturated carbocycles. The third kappa shape index (κ3) is 16.8. The summed E-state index contributed by atoms with van der Waals surface area (Å²) in [7, 11) is 12.0. The molecule has 0 unspecified atom stereocenters. The van der Waals surface area contributed by atoms with Crippen molar-refractivity contribution in [1.82, 2.24) is 0 Å². The lowest BCUT2D eigenvalue weighted by molar-refractivity contribution is 0.356. The number of hydrogen-bond donors (Lipinski definition) is 0. The molecule has 0 saturated heterocycles. The highest BCUT2D eigenvalue weighted by atomic mass is 14.2. The first kappa shape index (κ1) is 23.1. The normalized spacial score (nSPS) is 13.3. The minimum absolute atomic E-state index is 0.337. The van der Waals surface area contributed by atoms with Gasteiger partial charge in [0.25, 0.3) is 0 Å². The van der Waals surface area contributed by atoms with Gasteiger partial charge in [0, 0.05) is 0 Å². The summed E-state index contributed by atoms with van der Waals surface area (Å²) in [5, 5.41) is 0. The second-order valence-electron chi connectivity index (χ2n) is 8.34. The Bertz CT molecular complexity index is 238. The molecule has 0 aromatic carbocycles. The van der Waals surface area contributed by atoms with Gasteiger partial charge in [0.2, 0.25) is 0 Å². The van der Waals surface area contributed by atoms with Crippen molar-refractivity contribution in [1.29, 1.82) is 0 Å². The van der Waals surface area contributed by atoms with Crippen LogP contribution in [0, 0.1) is 5.41 Å². The SMILES string of the molecule is [B]CC(C)(C)CCCCCCCC[C@@H]([B])CCCCCCCC. The van der Waals surface area contributed by atoms with Crippen molar-refractivity contribution in [2.24, 2.45) is 5.41 Å². The van der Waals surface area contributed by atoms with E-state index < -0.39 is 0 Å². The lowest BCUT2D eigenvalue weighted by Gasteiger charge is -2.22. The van der Waals surface area contributed by atoms with Crippen LogP contribution in [-0.2, 0) is 0 Å². The van der Waals surface area contributed by atoms with Crippen LogP contribution in [0.5, 0.6) is 0 Å². The first-order valence-electron chi connectivity index (χ1n) is 10.5. The van der Waals surface area contributed by atoms with Crippen molar-refractivity contribution in [3.05, 3.63) is 0 Å². The lowest BCUT2D eigenvalue weighted by atomic mass is 9.76. The second kappa shape index (κ2) is 15.6. The maximum atomic E-state index is 6.23. The molecule has 0 fully saturated rings. The van der Waals surface area contributed by atoms with Crippen molar-refractivity contribution in [3.63, 3.8) is 0 Å². The molecule has 2 heteroatoms. The molecule has 132 valence electrons. The van der Waals surface area contributed by atoms with E-state index in [1.54, 1.807) is 0 Å². The molecule has 0 aliphatic heterocycles. The molecule has 0 aliphatic rings. The molecule has 23 heavy (non-hydrogen) atoms. The van der Waals surface area contributed by atoms with Gasteiger partial charge in [-0.2, -0.15) is 0 Å². The molecule has 0 N–H and O–H groups in total. The Hall–Kier alpha value is 0.130. The van der Waals surface area contributed by atoms with Crippen LogP contribution in [0.15, 0.2) is 0 Å². The predicted molar refractivity (Wildman–Crippen MR) is 109 cm³/mol. The molecule has 0 aliphatic carbocycles. The van der Waals surface area contributed by atoms with Gasteiger partial charge in [-0.25, -0.2) is 0 Å². The Morgan fingerprint density at radius 2 is 1.13 bits per heavy atom. The standard InChI is InChI=1S/C21H42B2/c1-4-5-6-7-10-13-16-20(23)17-14-11-8-9-12-15-18-21(2,3)19-22/h20H,4-19H2,1-3H3/t20-/m0/s1. The van der Waals surface area contributed by atoms with Gasteiger partial charge < -0.3 is 0 Å². The monoisotopic (exact) mass is 316 g/mol. The Balaban J connectivity index is 3.25. The van der Waals surface area contributed by atoms with E-state index >= 15 is 0 Å². The molecule has 1 atom stereocenters. The summed E-state index contributed by atoms with van der Waals surface area (Å²) in [6, 6.07) is 0. The van der Waals surface area contributed by atoms with E-state index in [1.165, 1.54) is 96.3 Å². The van der Waals surface area contributed by atoms with Crippen molar-refractivity contribution in [2.75, 3.05) is 0 Å². The third-order valence-electron chi connectivity index (χ3n) is 5.16. The van der Waals surface area contributed by atoms with Crippen LogP contribution in [-0.4, -0.2) is 15.7 Å². The average molecular weight is 316 g/mol. The maximum Gasteiger partial charge on any atom is 0.0699 e. The lowest BCUT2D eigenvalue weighted by Crippen LogP contribution is -2.09. The Labute approximate surface area is 150 Å². The number of hydrogen-bond acceptors (Lipinski definition) is 0. The highest BCUT2D eigenvalue weighted by molar-refractivity contribution is 6.11. The molecule has 0 aromatic rings. The summed E-state index contributed by atoms with van der Waals surface area (Å²) >= 11 is 0. The van der Waals surface area contributed by atoms with Crippen molar-refractivity contribution < 1.29 is 0 Å². The Kier molecular flexibility index (Phi) is 15.7. The maximum absolute atomic E-state index is 6.23. The Morgan fingerprint density at radius 3 is 1.61 bits per heavy atom. The van der Waals surface area contributed by atoms with Crippen LogP contribution in [0.2, 0.25) is 12.1 Å². The summed E-state index contributed by atoms with van der Waals surface area (Å²) in [5.74, 6) is 0.450. The van der Waals surface area contributed by atoms with Crippen LogP contribution >= 0.6 is 0 Å². The first-order chi connectivity index (χ1) is 11.0. The summed E-state index contributed by atoms with van der Waals surface area (Å²) in [4.78, 5) is 0. The van der Waals surface area contributed by atoms with Crippen LogP contribution < -0.4 is 0 Å². The van der Waals surface area contributed by atoms with E-state index in [9.17, 15) is 0 Å². The van der Waals surface area contributed by atoms with E-state index in [4.69, 9.17) is 15.7 Å². The van der Waals surface area contributed by atoms with E-state index in [2.05, 4.69) is 20.8 Å². The highest BCUT2D eigenvalue weighted by Crippen LogP contribution is 2.27.